The van der Waals surface area contributed by atoms with Crippen molar-refractivity contribution in [3.8, 4) is 11.3 Å². The van der Waals surface area contributed by atoms with Crippen molar-refractivity contribution >= 4 is 21.5 Å². The van der Waals surface area contributed by atoms with E-state index in [0.717, 1.165) is 22.0 Å². The smallest absolute Gasteiger partial charge is 0.267 e. The molecule has 4 aromatic rings. The third kappa shape index (κ3) is 1.91. The van der Waals surface area contributed by atoms with Crippen molar-refractivity contribution in [3.05, 3.63) is 77.1 Å². The largest absolute Gasteiger partial charge is 0.272 e. The third-order valence-electron chi connectivity index (χ3n) is 3.72. The molecule has 3 heteroatoms. The fraction of sp³-hybridized carbons (Fsp3) is 0. The predicted molar refractivity (Wildman–Crippen MR) is 85.3 cm³/mol. The molecule has 1 N–H and O–H groups in total. The normalized spacial score (nSPS) is 11.0. The summed E-state index contributed by atoms with van der Waals surface area (Å²) < 4.78 is 0. The average Bonchev–Trinajstić information content (AvgIpc) is 2.55. The van der Waals surface area contributed by atoms with Crippen LogP contribution in [0.25, 0.3) is 32.8 Å². The zero-order valence-electron chi connectivity index (χ0n) is 11.2. The standard InChI is InChI=1S/C18H12N2O/c21-18-16-8-4-3-7-15(16)17(19-20-18)14-10-9-12-5-1-2-6-13(12)11-14/h1-11H,(H,20,21). The third-order valence-corrected chi connectivity index (χ3v) is 3.72. The Labute approximate surface area is 120 Å². The van der Waals surface area contributed by atoms with Gasteiger partial charge in [0, 0.05) is 10.9 Å². The second kappa shape index (κ2) is 4.56. The van der Waals surface area contributed by atoms with Crippen molar-refractivity contribution in [3.63, 3.8) is 0 Å². The van der Waals surface area contributed by atoms with Crippen molar-refractivity contribution in [2.45, 2.75) is 0 Å². The minimum Gasteiger partial charge on any atom is -0.267 e. The van der Waals surface area contributed by atoms with Crippen molar-refractivity contribution in [2.24, 2.45) is 0 Å². The molecule has 0 aliphatic heterocycles. The summed E-state index contributed by atoms with van der Waals surface area (Å²) in [5.41, 5.74) is 1.65. The molecule has 0 fully saturated rings. The number of benzene rings is 3. The van der Waals surface area contributed by atoms with Gasteiger partial charge in [0.2, 0.25) is 0 Å². The molecule has 100 valence electrons. The van der Waals surface area contributed by atoms with Gasteiger partial charge in [-0.1, -0.05) is 54.6 Å². The van der Waals surface area contributed by atoms with Crippen molar-refractivity contribution < 1.29 is 0 Å². The molecule has 21 heavy (non-hydrogen) atoms. The summed E-state index contributed by atoms with van der Waals surface area (Å²) in [6.45, 7) is 0. The highest BCUT2D eigenvalue weighted by Crippen LogP contribution is 2.27. The number of nitrogens with one attached hydrogen (secondary N) is 1. The fourth-order valence-electron chi connectivity index (χ4n) is 2.67. The van der Waals surface area contributed by atoms with Crippen LogP contribution in [0.4, 0.5) is 0 Å². The van der Waals surface area contributed by atoms with E-state index in [-0.39, 0.29) is 5.56 Å². The first kappa shape index (κ1) is 11.9. The van der Waals surface area contributed by atoms with Gasteiger partial charge < -0.3 is 0 Å². The molecule has 1 heterocycles. The molecule has 0 saturated carbocycles. The lowest BCUT2D eigenvalue weighted by Gasteiger charge is -2.06. The Morgan fingerprint density at radius 3 is 2.33 bits per heavy atom. The van der Waals surface area contributed by atoms with E-state index in [1.54, 1.807) is 0 Å². The van der Waals surface area contributed by atoms with Crippen LogP contribution < -0.4 is 5.56 Å². The van der Waals surface area contributed by atoms with Crippen LogP contribution in [0.15, 0.2) is 71.5 Å². The van der Waals surface area contributed by atoms with Gasteiger partial charge in [-0.3, -0.25) is 4.79 Å². The molecule has 4 rings (SSSR count). The van der Waals surface area contributed by atoms with Crippen LogP contribution >= 0.6 is 0 Å². The van der Waals surface area contributed by atoms with Crippen LogP contribution in [-0.4, -0.2) is 10.2 Å². The summed E-state index contributed by atoms with van der Waals surface area (Å²) in [5.74, 6) is 0. The van der Waals surface area contributed by atoms with Crippen LogP contribution in [-0.2, 0) is 0 Å². The number of hydrogen-bond donors (Lipinski definition) is 1. The Hall–Kier alpha value is -2.94. The SMILES string of the molecule is O=c1[nH]nc(-c2ccc3ccccc3c2)c2ccccc12. The molecule has 3 aromatic carbocycles. The van der Waals surface area contributed by atoms with E-state index in [4.69, 9.17) is 0 Å². The van der Waals surface area contributed by atoms with E-state index in [9.17, 15) is 4.79 Å². The van der Waals surface area contributed by atoms with Crippen molar-refractivity contribution in [1.29, 1.82) is 0 Å². The first-order valence-corrected chi connectivity index (χ1v) is 6.79. The summed E-state index contributed by atoms with van der Waals surface area (Å²) in [6, 6.07) is 22.0. The number of fused-ring (bicyclic) bond motifs is 2. The maximum absolute atomic E-state index is 11.9. The Morgan fingerprint density at radius 2 is 1.48 bits per heavy atom. The van der Waals surface area contributed by atoms with Gasteiger partial charge in [0.05, 0.1) is 11.1 Å². The maximum atomic E-state index is 11.9. The molecule has 0 unspecified atom stereocenters. The zero-order valence-corrected chi connectivity index (χ0v) is 11.2. The summed E-state index contributed by atoms with van der Waals surface area (Å²) >= 11 is 0. The predicted octanol–water partition coefficient (Wildman–Crippen LogP) is 3.74. The number of H-pyrrole nitrogens is 1. The van der Waals surface area contributed by atoms with Crippen molar-refractivity contribution in [2.75, 3.05) is 0 Å². The lowest BCUT2D eigenvalue weighted by atomic mass is 10.0. The molecule has 1 aromatic heterocycles. The Balaban J connectivity index is 2.04. The van der Waals surface area contributed by atoms with Crippen LogP contribution in [0.2, 0.25) is 0 Å². The summed E-state index contributed by atoms with van der Waals surface area (Å²) in [5, 5.41) is 10.7. The topological polar surface area (TPSA) is 45.8 Å². The zero-order chi connectivity index (χ0) is 14.2. The molecule has 3 nitrogen and oxygen atoms in total. The van der Waals surface area contributed by atoms with E-state index in [0.29, 0.717) is 5.39 Å². The number of nitrogens with zero attached hydrogens (tertiary/aromatic N) is 1. The fourth-order valence-corrected chi connectivity index (χ4v) is 2.67. The monoisotopic (exact) mass is 272 g/mol. The van der Waals surface area contributed by atoms with Crippen LogP contribution in [0.1, 0.15) is 0 Å². The second-order valence-corrected chi connectivity index (χ2v) is 5.01. The minimum absolute atomic E-state index is 0.157. The van der Waals surface area contributed by atoms with Gasteiger partial charge in [0.15, 0.2) is 0 Å². The Morgan fingerprint density at radius 1 is 0.762 bits per heavy atom. The van der Waals surface area contributed by atoms with Gasteiger partial charge in [-0.2, -0.15) is 5.10 Å². The number of aromatic amines is 1. The van der Waals surface area contributed by atoms with E-state index < -0.39 is 0 Å². The Bertz CT molecular complexity index is 1020. The molecule has 0 radical (unpaired) electrons. The van der Waals surface area contributed by atoms with E-state index in [1.807, 2.05) is 42.5 Å². The molecule has 0 spiro atoms. The Kier molecular flexibility index (Phi) is 2.57. The highest BCUT2D eigenvalue weighted by atomic mass is 16.1. The highest BCUT2D eigenvalue weighted by molar-refractivity contribution is 5.96. The first-order chi connectivity index (χ1) is 10.3. The highest BCUT2D eigenvalue weighted by Gasteiger charge is 2.08. The molecule has 0 bridgehead atoms. The molecule has 0 saturated heterocycles. The van der Waals surface area contributed by atoms with Gasteiger partial charge in [0.1, 0.15) is 0 Å². The van der Waals surface area contributed by atoms with Gasteiger partial charge in [-0.05, 0) is 22.9 Å². The molecule has 0 atom stereocenters. The molecule has 0 aliphatic carbocycles. The van der Waals surface area contributed by atoms with Gasteiger partial charge in [0.25, 0.3) is 5.56 Å². The average molecular weight is 272 g/mol. The van der Waals surface area contributed by atoms with E-state index in [2.05, 4.69) is 34.5 Å². The number of hydrogen-bond acceptors (Lipinski definition) is 2. The molecular formula is C18H12N2O. The molecule has 0 amide bonds. The number of aromatic nitrogens is 2. The molecular weight excluding hydrogens is 260 g/mol. The summed E-state index contributed by atoms with van der Waals surface area (Å²) in [7, 11) is 0. The van der Waals surface area contributed by atoms with Gasteiger partial charge >= 0.3 is 0 Å². The van der Waals surface area contributed by atoms with Gasteiger partial charge in [-0.15, -0.1) is 0 Å². The van der Waals surface area contributed by atoms with Crippen molar-refractivity contribution in [1.82, 2.24) is 10.2 Å². The maximum Gasteiger partial charge on any atom is 0.272 e. The van der Waals surface area contributed by atoms with Crippen LogP contribution in [0.3, 0.4) is 0 Å². The second-order valence-electron chi connectivity index (χ2n) is 5.01. The lowest BCUT2D eigenvalue weighted by Crippen LogP contribution is -2.09. The first-order valence-electron chi connectivity index (χ1n) is 6.79. The quantitative estimate of drug-likeness (QED) is 0.573. The molecule has 0 aliphatic rings. The number of rotatable bonds is 1. The minimum atomic E-state index is -0.157. The van der Waals surface area contributed by atoms with Crippen LogP contribution in [0, 0.1) is 0 Å². The van der Waals surface area contributed by atoms with E-state index >= 15 is 0 Å². The summed E-state index contributed by atoms with van der Waals surface area (Å²) in [6.07, 6.45) is 0. The van der Waals surface area contributed by atoms with E-state index in [1.165, 1.54) is 5.39 Å². The van der Waals surface area contributed by atoms with Gasteiger partial charge in [-0.25, -0.2) is 5.10 Å². The summed E-state index contributed by atoms with van der Waals surface area (Å²) in [4.78, 5) is 11.9. The lowest BCUT2D eigenvalue weighted by molar-refractivity contribution is 1.02. The van der Waals surface area contributed by atoms with Crippen LogP contribution in [0.5, 0.6) is 0 Å².